The summed E-state index contributed by atoms with van der Waals surface area (Å²) in [5, 5.41) is 14.0. The number of thiazole rings is 1. The van der Waals surface area contributed by atoms with Gasteiger partial charge in [-0.25, -0.2) is 13.4 Å². The Morgan fingerprint density at radius 3 is 2.91 bits per heavy atom. The topological polar surface area (TPSA) is 102 Å². The molecule has 118 valence electrons. The Kier molecular flexibility index (Phi) is 4.11. The summed E-state index contributed by atoms with van der Waals surface area (Å²) in [5.41, 5.74) is 0.269. The van der Waals surface area contributed by atoms with Gasteiger partial charge in [0.25, 0.3) is 5.69 Å². The predicted molar refractivity (Wildman–Crippen MR) is 84.0 cm³/mol. The normalized spacial score (nSPS) is 19.4. The third-order valence-corrected chi connectivity index (χ3v) is 6.97. The first-order chi connectivity index (χ1) is 10.5. The van der Waals surface area contributed by atoms with Crippen molar-refractivity contribution < 1.29 is 13.3 Å². The summed E-state index contributed by atoms with van der Waals surface area (Å²) in [6.45, 7) is 0.840. The van der Waals surface area contributed by atoms with Crippen molar-refractivity contribution in [3.8, 4) is 0 Å². The van der Waals surface area contributed by atoms with Crippen LogP contribution in [0.25, 0.3) is 10.2 Å². The van der Waals surface area contributed by atoms with E-state index in [0.717, 1.165) is 37.1 Å². The molecule has 1 fully saturated rings. The van der Waals surface area contributed by atoms with Gasteiger partial charge in [0.1, 0.15) is 0 Å². The lowest BCUT2D eigenvalue weighted by atomic mass is 10.1. The van der Waals surface area contributed by atoms with Crippen LogP contribution in [-0.2, 0) is 9.84 Å². The van der Waals surface area contributed by atoms with E-state index < -0.39 is 14.8 Å². The van der Waals surface area contributed by atoms with Gasteiger partial charge in [-0.1, -0.05) is 6.42 Å². The second-order valence-corrected chi connectivity index (χ2v) is 8.56. The molecule has 2 aromatic rings. The van der Waals surface area contributed by atoms with Crippen molar-refractivity contribution in [2.75, 3.05) is 12.3 Å². The molecule has 0 bridgehead atoms. The van der Waals surface area contributed by atoms with E-state index in [1.807, 2.05) is 0 Å². The van der Waals surface area contributed by atoms with Crippen molar-refractivity contribution in [1.82, 2.24) is 10.3 Å². The van der Waals surface area contributed by atoms with E-state index in [1.165, 1.54) is 12.1 Å². The second-order valence-electron chi connectivity index (χ2n) is 5.32. The van der Waals surface area contributed by atoms with Crippen LogP contribution in [0, 0.1) is 10.1 Å². The van der Waals surface area contributed by atoms with Crippen LogP contribution in [0.3, 0.4) is 0 Å². The maximum Gasteiger partial charge on any atom is 0.271 e. The third kappa shape index (κ3) is 3.11. The van der Waals surface area contributed by atoms with Crippen LogP contribution in [-0.4, -0.2) is 36.7 Å². The monoisotopic (exact) mass is 341 g/mol. The Bertz CT molecular complexity index is 810. The Hall–Kier alpha value is -1.58. The number of rotatable bonds is 4. The molecule has 1 aliphatic rings. The Labute approximate surface area is 131 Å². The third-order valence-electron chi connectivity index (χ3n) is 3.66. The number of benzene rings is 1. The van der Waals surface area contributed by atoms with Crippen molar-refractivity contribution >= 4 is 37.1 Å². The number of nitro groups is 1. The van der Waals surface area contributed by atoms with Gasteiger partial charge in [0.15, 0.2) is 0 Å². The molecule has 22 heavy (non-hydrogen) atoms. The van der Waals surface area contributed by atoms with Crippen molar-refractivity contribution in [3.63, 3.8) is 0 Å². The molecule has 1 saturated heterocycles. The van der Waals surface area contributed by atoms with Gasteiger partial charge in [-0.3, -0.25) is 10.1 Å². The smallest absolute Gasteiger partial charge is 0.271 e. The summed E-state index contributed by atoms with van der Waals surface area (Å²) in [7, 11) is -3.48. The molecule has 1 aliphatic heterocycles. The SMILES string of the molecule is O=[N+]([O-])c1ccc2sc(S(=O)(=O)CC3CCCCN3)nc2c1. The van der Waals surface area contributed by atoms with Crippen LogP contribution in [0.4, 0.5) is 5.69 Å². The summed E-state index contributed by atoms with van der Waals surface area (Å²) in [5.74, 6) is 0.0227. The van der Waals surface area contributed by atoms with E-state index in [2.05, 4.69) is 10.3 Å². The lowest BCUT2D eigenvalue weighted by molar-refractivity contribution is -0.384. The highest BCUT2D eigenvalue weighted by molar-refractivity contribution is 7.93. The minimum absolute atomic E-state index is 0.0227. The number of nitrogens with one attached hydrogen (secondary N) is 1. The zero-order chi connectivity index (χ0) is 15.7. The summed E-state index contributed by atoms with van der Waals surface area (Å²) in [6, 6.07) is 4.17. The molecule has 1 aromatic carbocycles. The lowest BCUT2D eigenvalue weighted by Gasteiger charge is -2.22. The Morgan fingerprint density at radius 1 is 1.41 bits per heavy atom. The molecule has 2 heterocycles. The average Bonchev–Trinajstić information content (AvgIpc) is 2.91. The highest BCUT2D eigenvalue weighted by Crippen LogP contribution is 2.29. The van der Waals surface area contributed by atoms with Gasteiger partial charge in [0, 0.05) is 18.2 Å². The van der Waals surface area contributed by atoms with Crippen LogP contribution in [0.15, 0.2) is 22.5 Å². The van der Waals surface area contributed by atoms with Gasteiger partial charge in [-0.05, 0) is 25.5 Å². The first-order valence-corrected chi connectivity index (χ1v) is 9.44. The zero-order valence-electron chi connectivity index (χ0n) is 11.7. The van der Waals surface area contributed by atoms with E-state index in [-0.39, 0.29) is 21.8 Å². The van der Waals surface area contributed by atoms with Crippen LogP contribution in [0.1, 0.15) is 19.3 Å². The summed E-state index contributed by atoms with van der Waals surface area (Å²) in [4.78, 5) is 14.3. The Balaban J connectivity index is 1.89. The number of sulfone groups is 1. The molecule has 7 nitrogen and oxygen atoms in total. The number of fused-ring (bicyclic) bond motifs is 1. The predicted octanol–water partition coefficient (Wildman–Crippen LogP) is 2.12. The molecule has 0 spiro atoms. The van der Waals surface area contributed by atoms with E-state index >= 15 is 0 Å². The molecular weight excluding hydrogens is 326 g/mol. The summed E-state index contributed by atoms with van der Waals surface area (Å²) >= 11 is 1.06. The van der Waals surface area contributed by atoms with E-state index in [9.17, 15) is 18.5 Å². The van der Waals surface area contributed by atoms with Crippen molar-refractivity contribution in [3.05, 3.63) is 28.3 Å². The molecule has 0 radical (unpaired) electrons. The van der Waals surface area contributed by atoms with Gasteiger partial charge in [-0.2, -0.15) is 0 Å². The number of aromatic nitrogens is 1. The molecule has 1 aromatic heterocycles. The van der Waals surface area contributed by atoms with Crippen LogP contribution in [0.2, 0.25) is 0 Å². The number of non-ortho nitro benzene ring substituents is 1. The Morgan fingerprint density at radius 2 is 2.23 bits per heavy atom. The first-order valence-electron chi connectivity index (χ1n) is 6.97. The number of hydrogen-bond donors (Lipinski definition) is 1. The fraction of sp³-hybridized carbons (Fsp3) is 0.462. The number of nitrogens with zero attached hydrogens (tertiary/aromatic N) is 2. The number of nitro benzene ring substituents is 1. The van der Waals surface area contributed by atoms with Gasteiger partial charge < -0.3 is 5.32 Å². The van der Waals surface area contributed by atoms with Crippen molar-refractivity contribution in [2.45, 2.75) is 29.6 Å². The largest absolute Gasteiger partial charge is 0.313 e. The van der Waals surface area contributed by atoms with Gasteiger partial charge in [0.2, 0.25) is 14.2 Å². The summed E-state index contributed by atoms with van der Waals surface area (Å²) < 4.78 is 25.6. The van der Waals surface area contributed by atoms with Gasteiger partial charge in [-0.15, -0.1) is 11.3 Å². The number of piperidine rings is 1. The summed E-state index contributed by atoms with van der Waals surface area (Å²) in [6.07, 6.45) is 2.94. The van der Waals surface area contributed by atoms with Gasteiger partial charge in [0.05, 0.1) is 20.9 Å². The molecule has 9 heteroatoms. The van der Waals surface area contributed by atoms with Crippen LogP contribution >= 0.6 is 11.3 Å². The highest BCUT2D eigenvalue weighted by atomic mass is 32.2. The maximum absolute atomic E-state index is 12.5. The van der Waals surface area contributed by atoms with Crippen LogP contribution in [0.5, 0.6) is 0 Å². The second kappa shape index (κ2) is 5.90. The maximum atomic E-state index is 12.5. The minimum atomic E-state index is -3.48. The fourth-order valence-electron chi connectivity index (χ4n) is 2.54. The first kappa shape index (κ1) is 15.3. The highest BCUT2D eigenvalue weighted by Gasteiger charge is 2.26. The van der Waals surface area contributed by atoms with E-state index in [1.54, 1.807) is 6.07 Å². The molecule has 0 saturated carbocycles. The molecular formula is C13H15N3O4S2. The van der Waals surface area contributed by atoms with Crippen LogP contribution < -0.4 is 5.32 Å². The molecule has 0 amide bonds. The van der Waals surface area contributed by atoms with Crippen molar-refractivity contribution in [1.29, 1.82) is 0 Å². The molecule has 3 rings (SSSR count). The minimum Gasteiger partial charge on any atom is -0.313 e. The standard InChI is InChI=1S/C13H15N3O4S2/c17-16(18)10-4-5-12-11(7-10)15-13(21-12)22(19,20)8-9-3-1-2-6-14-9/h4-5,7,9,14H,1-3,6,8H2. The number of hydrogen-bond acceptors (Lipinski definition) is 7. The fourth-order valence-corrected chi connectivity index (χ4v) is 5.40. The molecule has 1 unspecified atom stereocenters. The average molecular weight is 341 g/mol. The van der Waals surface area contributed by atoms with Crippen molar-refractivity contribution in [2.24, 2.45) is 0 Å². The van der Waals surface area contributed by atoms with Gasteiger partial charge >= 0.3 is 0 Å². The lowest BCUT2D eigenvalue weighted by Crippen LogP contribution is -2.39. The molecule has 0 aliphatic carbocycles. The zero-order valence-corrected chi connectivity index (χ0v) is 13.3. The quantitative estimate of drug-likeness (QED) is 0.675. The van der Waals surface area contributed by atoms with E-state index in [0.29, 0.717) is 10.2 Å². The molecule has 1 atom stereocenters. The van der Waals surface area contributed by atoms with E-state index in [4.69, 9.17) is 0 Å². The molecule has 1 N–H and O–H groups in total.